The topological polar surface area (TPSA) is 156 Å². The van der Waals surface area contributed by atoms with E-state index in [1.54, 1.807) is 38.1 Å². The molecule has 1 atom stereocenters. The second-order valence-electron chi connectivity index (χ2n) is 7.07. The maximum Gasteiger partial charge on any atom is 0.238 e. The molecule has 0 radical (unpaired) electrons. The Morgan fingerprint density at radius 2 is 1.55 bits per heavy atom. The van der Waals surface area contributed by atoms with Gasteiger partial charge < -0.3 is 10.6 Å². The molecule has 5 N–H and O–H groups in total. The fraction of sp³-hybridized carbons (Fsp3) is 0.200. The third kappa shape index (κ3) is 6.68. The van der Waals surface area contributed by atoms with Gasteiger partial charge in [-0.25, -0.2) is 36.1 Å². The molecule has 0 saturated heterocycles. The van der Waals surface area contributed by atoms with E-state index in [0.29, 0.717) is 11.4 Å². The van der Waals surface area contributed by atoms with E-state index < -0.39 is 31.9 Å². The summed E-state index contributed by atoms with van der Waals surface area (Å²) >= 11 is 0. The highest BCUT2D eigenvalue weighted by Gasteiger charge is 2.14. The molecule has 0 spiro atoms. The van der Waals surface area contributed by atoms with E-state index in [9.17, 15) is 21.2 Å². The van der Waals surface area contributed by atoms with Crippen LogP contribution in [0.25, 0.3) is 0 Å². The molecule has 33 heavy (non-hydrogen) atoms. The minimum atomic E-state index is -3.81. The maximum absolute atomic E-state index is 14.2. The Hall–Kier alpha value is -3.13. The highest BCUT2D eigenvalue weighted by atomic mass is 32.2. The molecule has 0 fully saturated rings. The standard InChI is InChI=1S/C20H23FN6O4S2/c1-3-32(28,29)27-13(2)14-4-6-15(7-5-14)24-19-18(21)12-23-20(26-19)25-16-8-10-17(11-9-16)33(22,30)31/h4-13,27H,3H2,1-2H3,(H2,22,30,31)(H2,23,24,25,26)/t13-/m1/s1. The van der Waals surface area contributed by atoms with Crippen molar-refractivity contribution in [2.75, 3.05) is 16.4 Å². The molecule has 3 rings (SSSR count). The molecule has 2 aromatic carbocycles. The normalized spacial score (nSPS) is 12.8. The van der Waals surface area contributed by atoms with E-state index >= 15 is 0 Å². The minimum Gasteiger partial charge on any atom is -0.338 e. The van der Waals surface area contributed by atoms with Crippen molar-refractivity contribution >= 4 is 43.2 Å². The zero-order valence-electron chi connectivity index (χ0n) is 17.8. The lowest BCUT2D eigenvalue weighted by atomic mass is 10.1. The fourth-order valence-electron chi connectivity index (χ4n) is 2.78. The lowest BCUT2D eigenvalue weighted by molar-refractivity contribution is 0.568. The van der Waals surface area contributed by atoms with Crippen LogP contribution in [-0.4, -0.2) is 32.6 Å². The van der Waals surface area contributed by atoms with Crippen molar-refractivity contribution in [2.45, 2.75) is 24.8 Å². The number of nitrogens with one attached hydrogen (secondary N) is 3. The molecule has 176 valence electrons. The molecule has 0 bridgehead atoms. The number of benzene rings is 2. The first-order chi connectivity index (χ1) is 15.5. The van der Waals surface area contributed by atoms with E-state index in [1.165, 1.54) is 24.3 Å². The molecule has 1 heterocycles. The van der Waals surface area contributed by atoms with Gasteiger partial charge in [-0.05, 0) is 55.8 Å². The Morgan fingerprint density at radius 3 is 2.12 bits per heavy atom. The second kappa shape index (κ2) is 9.79. The first-order valence-electron chi connectivity index (χ1n) is 9.76. The Bertz CT molecular complexity index is 1330. The Morgan fingerprint density at radius 1 is 0.970 bits per heavy atom. The van der Waals surface area contributed by atoms with Crippen LogP contribution in [0.15, 0.2) is 59.6 Å². The van der Waals surface area contributed by atoms with E-state index in [-0.39, 0.29) is 22.4 Å². The summed E-state index contributed by atoms with van der Waals surface area (Å²) < 4.78 is 63.0. The summed E-state index contributed by atoms with van der Waals surface area (Å²) in [5.41, 5.74) is 1.75. The zero-order valence-corrected chi connectivity index (χ0v) is 19.4. The molecule has 0 saturated carbocycles. The number of nitrogens with zero attached hydrogens (tertiary/aromatic N) is 2. The van der Waals surface area contributed by atoms with Crippen molar-refractivity contribution in [1.82, 2.24) is 14.7 Å². The molecule has 0 unspecified atom stereocenters. The molecule has 10 nitrogen and oxygen atoms in total. The monoisotopic (exact) mass is 494 g/mol. The van der Waals surface area contributed by atoms with Crippen LogP contribution in [0.5, 0.6) is 0 Å². The number of rotatable bonds is 9. The number of hydrogen-bond donors (Lipinski definition) is 4. The number of hydrogen-bond acceptors (Lipinski definition) is 8. The van der Waals surface area contributed by atoms with Crippen LogP contribution in [0.1, 0.15) is 25.5 Å². The van der Waals surface area contributed by atoms with Gasteiger partial charge in [-0.1, -0.05) is 12.1 Å². The van der Waals surface area contributed by atoms with Crippen LogP contribution in [0.2, 0.25) is 0 Å². The summed E-state index contributed by atoms with van der Waals surface area (Å²) in [4.78, 5) is 7.94. The van der Waals surface area contributed by atoms with Crippen molar-refractivity contribution in [3.8, 4) is 0 Å². The third-order valence-corrected chi connectivity index (χ3v) is 6.99. The molecular weight excluding hydrogens is 471 g/mol. The Kier molecular flexibility index (Phi) is 7.27. The van der Waals surface area contributed by atoms with Gasteiger partial charge in [0.1, 0.15) is 0 Å². The number of aromatic nitrogens is 2. The second-order valence-corrected chi connectivity index (χ2v) is 10.7. The van der Waals surface area contributed by atoms with E-state index in [2.05, 4.69) is 25.3 Å². The van der Waals surface area contributed by atoms with Gasteiger partial charge in [0, 0.05) is 17.4 Å². The summed E-state index contributed by atoms with van der Waals surface area (Å²) in [6.45, 7) is 3.29. The van der Waals surface area contributed by atoms with Gasteiger partial charge in [-0.15, -0.1) is 0 Å². The number of anilines is 4. The molecule has 0 aliphatic rings. The van der Waals surface area contributed by atoms with E-state index in [1.807, 2.05) is 0 Å². The molecule has 13 heteroatoms. The summed E-state index contributed by atoms with van der Waals surface area (Å²) in [6, 6.07) is 12.0. The predicted octanol–water partition coefficient (Wildman–Crippen LogP) is 2.75. The van der Waals surface area contributed by atoms with Gasteiger partial charge in [0.15, 0.2) is 11.6 Å². The van der Waals surface area contributed by atoms with Crippen LogP contribution in [-0.2, 0) is 20.0 Å². The lowest BCUT2D eigenvalue weighted by Gasteiger charge is -2.15. The highest BCUT2D eigenvalue weighted by molar-refractivity contribution is 7.89. The van der Waals surface area contributed by atoms with Gasteiger partial charge in [-0.2, -0.15) is 4.98 Å². The van der Waals surface area contributed by atoms with Crippen molar-refractivity contribution in [2.24, 2.45) is 5.14 Å². The van der Waals surface area contributed by atoms with Crippen LogP contribution in [0.4, 0.5) is 27.5 Å². The number of halogens is 1. The number of primary sulfonamides is 1. The van der Waals surface area contributed by atoms with Gasteiger partial charge in [-0.3, -0.25) is 0 Å². The van der Waals surface area contributed by atoms with Gasteiger partial charge in [0.2, 0.25) is 26.0 Å². The van der Waals surface area contributed by atoms with Gasteiger partial charge in [0.05, 0.1) is 16.8 Å². The molecule has 0 aliphatic carbocycles. The maximum atomic E-state index is 14.2. The number of nitrogens with two attached hydrogens (primary N) is 1. The molecule has 0 aliphatic heterocycles. The average molecular weight is 495 g/mol. The largest absolute Gasteiger partial charge is 0.338 e. The zero-order chi connectivity index (χ0) is 24.2. The van der Waals surface area contributed by atoms with Crippen LogP contribution >= 0.6 is 0 Å². The van der Waals surface area contributed by atoms with Gasteiger partial charge in [0.25, 0.3) is 0 Å². The Labute approximate surface area is 191 Å². The van der Waals surface area contributed by atoms with Crippen LogP contribution in [0, 0.1) is 5.82 Å². The fourth-order valence-corrected chi connectivity index (χ4v) is 4.14. The van der Waals surface area contributed by atoms with E-state index in [4.69, 9.17) is 5.14 Å². The smallest absolute Gasteiger partial charge is 0.238 e. The number of sulfonamides is 2. The first kappa shape index (κ1) is 24.5. The predicted molar refractivity (Wildman–Crippen MR) is 124 cm³/mol. The first-order valence-corrected chi connectivity index (χ1v) is 13.0. The summed E-state index contributed by atoms with van der Waals surface area (Å²) in [5.74, 6) is -0.697. The minimum absolute atomic E-state index is 0.0173. The lowest BCUT2D eigenvalue weighted by Crippen LogP contribution is -2.28. The third-order valence-electron chi connectivity index (χ3n) is 4.59. The van der Waals surface area contributed by atoms with Gasteiger partial charge >= 0.3 is 0 Å². The SMILES string of the molecule is CCS(=O)(=O)N[C@H](C)c1ccc(Nc2nc(Nc3ccc(S(N)(=O)=O)cc3)ncc2F)cc1. The van der Waals surface area contributed by atoms with Crippen LogP contribution < -0.4 is 20.5 Å². The van der Waals surface area contributed by atoms with Crippen molar-refractivity contribution in [3.63, 3.8) is 0 Å². The molecule has 0 amide bonds. The molecular formula is C20H23FN6O4S2. The average Bonchev–Trinajstić information content (AvgIpc) is 2.76. The summed E-state index contributed by atoms with van der Waals surface area (Å²) in [6.07, 6.45) is 0.992. The molecule has 1 aromatic heterocycles. The van der Waals surface area contributed by atoms with Crippen LogP contribution in [0.3, 0.4) is 0 Å². The van der Waals surface area contributed by atoms with E-state index in [0.717, 1.165) is 11.8 Å². The quantitative estimate of drug-likeness (QED) is 0.354. The molecule has 3 aromatic rings. The summed E-state index contributed by atoms with van der Waals surface area (Å²) in [5, 5.41) is 10.8. The Balaban J connectivity index is 1.72. The summed E-state index contributed by atoms with van der Waals surface area (Å²) in [7, 11) is -7.16. The van der Waals surface area contributed by atoms with Crippen molar-refractivity contribution in [1.29, 1.82) is 0 Å². The van der Waals surface area contributed by atoms with Crippen molar-refractivity contribution in [3.05, 3.63) is 66.1 Å². The highest BCUT2D eigenvalue weighted by Crippen LogP contribution is 2.23. The van der Waals surface area contributed by atoms with Crippen molar-refractivity contribution < 1.29 is 21.2 Å².